The molecular formula is C18H17NO2. The van der Waals surface area contributed by atoms with Crippen molar-refractivity contribution in [2.45, 2.75) is 24.2 Å². The normalized spacial score (nSPS) is 30.9. The second-order valence-corrected chi connectivity index (χ2v) is 5.76. The van der Waals surface area contributed by atoms with Crippen molar-refractivity contribution in [1.82, 2.24) is 4.90 Å². The number of likely N-dealkylation sites (tertiary alicyclic amines) is 1. The number of likely N-dealkylation sites (N-methyl/N-ethyl adjacent to an activating group) is 1. The van der Waals surface area contributed by atoms with Crippen LogP contribution in [0.4, 0.5) is 0 Å². The number of hydrogen-bond donors (Lipinski definition) is 0. The van der Waals surface area contributed by atoms with E-state index in [4.69, 9.17) is 4.74 Å². The standard InChI is InChI=1S/C18H17NO2/c1-19-15-14(12-8-4-2-5-9-12)17(18(19)20)21-16(15)13-10-6-3-7-11-13/h2-11,14-17H,1H3/t14-,15+,16+,17+/m0/s1. The molecule has 0 radical (unpaired) electrons. The summed E-state index contributed by atoms with van der Waals surface area (Å²) >= 11 is 0. The van der Waals surface area contributed by atoms with Gasteiger partial charge in [0, 0.05) is 13.0 Å². The topological polar surface area (TPSA) is 29.5 Å². The first-order chi connectivity index (χ1) is 10.3. The maximum absolute atomic E-state index is 12.3. The summed E-state index contributed by atoms with van der Waals surface area (Å²) in [6.07, 6.45) is -0.392. The number of carbonyl (C=O) groups is 1. The first-order valence-electron chi connectivity index (χ1n) is 7.29. The van der Waals surface area contributed by atoms with E-state index in [0.29, 0.717) is 0 Å². The Bertz CT molecular complexity index is 655. The predicted molar refractivity (Wildman–Crippen MR) is 79.8 cm³/mol. The average Bonchev–Trinajstić information content (AvgIpc) is 3.04. The quantitative estimate of drug-likeness (QED) is 0.846. The summed E-state index contributed by atoms with van der Waals surface area (Å²) in [6.45, 7) is 0. The van der Waals surface area contributed by atoms with E-state index >= 15 is 0 Å². The third kappa shape index (κ3) is 1.81. The highest BCUT2D eigenvalue weighted by atomic mass is 16.5. The molecule has 0 aliphatic carbocycles. The van der Waals surface area contributed by atoms with Crippen LogP contribution in [0.25, 0.3) is 0 Å². The fourth-order valence-electron chi connectivity index (χ4n) is 3.66. The molecule has 21 heavy (non-hydrogen) atoms. The summed E-state index contributed by atoms with van der Waals surface area (Å²) in [6, 6.07) is 20.5. The number of fused-ring (bicyclic) bond motifs is 2. The molecule has 4 atom stereocenters. The lowest BCUT2D eigenvalue weighted by Gasteiger charge is -2.30. The number of rotatable bonds is 2. The Hall–Kier alpha value is -2.13. The summed E-state index contributed by atoms with van der Waals surface area (Å²) < 4.78 is 6.10. The van der Waals surface area contributed by atoms with Gasteiger partial charge < -0.3 is 9.64 Å². The Morgan fingerprint density at radius 1 is 0.857 bits per heavy atom. The molecule has 2 heterocycles. The number of ether oxygens (including phenoxy) is 1. The Morgan fingerprint density at radius 2 is 1.43 bits per heavy atom. The van der Waals surface area contributed by atoms with E-state index in [-0.39, 0.29) is 30.1 Å². The van der Waals surface area contributed by atoms with Crippen LogP contribution in [0.2, 0.25) is 0 Å². The van der Waals surface area contributed by atoms with Crippen LogP contribution >= 0.6 is 0 Å². The molecule has 0 aromatic heterocycles. The van der Waals surface area contributed by atoms with Crippen molar-refractivity contribution in [3.8, 4) is 0 Å². The molecule has 2 fully saturated rings. The van der Waals surface area contributed by atoms with Gasteiger partial charge >= 0.3 is 0 Å². The lowest BCUT2D eigenvalue weighted by molar-refractivity contribution is -0.148. The number of morpholine rings is 1. The number of amides is 1. The maximum atomic E-state index is 12.3. The summed E-state index contributed by atoms with van der Waals surface area (Å²) in [7, 11) is 1.89. The molecule has 2 saturated heterocycles. The minimum Gasteiger partial charge on any atom is -0.358 e. The first kappa shape index (κ1) is 12.6. The Kier molecular flexibility index (Phi) is 2.82. The van der Waals surface area contributed by atoms with E-state index in [1.807, 2.05) is 48.3 Å². The minimum absolute atomic E-state index is 0.0379. The lowest BCUT2D eigenvalue weighted by atomic mass is 9.88. The molecule has 4 rings (SSSR count). The van der Waals surface area contributed by atoms with Gasteiger partial charge in [-0.3, -0.25) is 4.79 Å². The molecule has 106 valence electrons. The van der Waals surface area contributed by atoms with Crippen molar-refractivity contribution < 1.29 is 9.53 Å². The van der Waals surface area contributed by atoms with E-state index in [9.17, 15) is 4.79 Å². The Balaban J connectivity index is 1.75. The largest absolute Gasteiger partial charge is 0.358 e. The van der Waals surface area contributed by atoms with Gasteiger partial charge in [0.2, 0.25) is 0 Å². The molecule has 0 spiro atoms. The van der Waals surface area contributed by atoms with Crippen molar-refractivity contribution in [3.63, 3.8) is 0 Å². The average molecular weight is 279 g/mol. The molecule has 3 heteroatoms. The summed E-state index contributed by atoms with van der Waals surface area (Å²) in [5.41, 5.74) is 2.33. The van der Waals surface area contributed by atoms with Crippen LogP contribution < -0.4 is 0 Å². The number of benzene rings is 2. The van der Waals surface area contributed by atoms with Gasteiger partial charge in [-0.15, -0.1) is 0 Å². The van der Waals surface area contributed by atoms with Gasteiger partial charge in [0.1, 0.15) is 12.2 Å². The Labute approximate surface area is 124 Å². The molecule has 0 N–H and O–H groups in total. The van der Waals surface area contributed by atoms with Crippen LogP contribution in [0.15, 0.2) is 60.7 Å². The van der Waals surface area contributed by atoms with Crippen molar-refractivity contribution in [2.24, 2.45) is 0 Å². The summed E-state index contributed by atoms with van der Waals surface area (Å²) in [5.74, 6) is 0.218. The molecule has 2 aliphatic heterocycles. The lowest BCUT2D eigenvalue weighted by Crippen LogP contribution is -2.40. The van der Waals surface area contributed by atoms with Gasteiger partial charge in [0.05, 0.1) is 6.04 Å². The highest BCUT2D eigenvalue weighted by Crippen LogP contribution is 2.50. The molecule has 2 aromatic carbocycles. The second kappa shape index (κ2) is 4.71. The molecular weight excluding hydrogens is 262 g/mol. The van der Waals surface area contributed by atoms with Crippen LogP contribution in [0.5, 0.6) is 0 Å². The number of nitrogens with zero attached hydrogens (tertiary/aromatic N) is 1. The zero-order valence-corrected chi connectivity index (χ0v) is 11.8. The van der Waals surface area contributed by atoms with Crippen LogP contribution in [0.1, 0.15) is 23.1 Å². The molecule has 2 aliphatic rings. The van der Waals surface area contributed by atoms with E-state index in [1.54, 1.807) is 0 Å². The molecule has 3 nitrogen and oxygen atoms in total. The predicted octanol–water partition coefficient (Wildman–Crippen LogP) is 2.75. The van der Waals surface area contributed by atoms with Crippen LogP contribution in [-0.4, -0.2) is 30.0 Å². The van der Waals surface area contributed by atoms with E-state index < -0.39 is 0 Å². The second-order valence-electron chi connectivity index (χ2n) is 5.76. The summed E-state index contributed by atoms with van der Waals surface area (Å²) in [4.78, 5) is 14.2. The van der Waals surface area contributed by atoms with Crippen molar-refractivity contribution >= 4 is 5.91 Å². The maximum Gasteiger partial charge on any atom is 0.252 e. The van der Waals surface area contributed by atoms with Gasteiger partial charge in [-0.25, -0.2) is 0 Å². The van der Waals surface area contributed by atoms with Crippen LogP contribution in [-0.2, 0) is 9.53 Å². The zero-order chi connectivity index (χ0) is 14.4. The van der Waals surface area contributed by atoms with Gasteiger partial charge in [0.25, 0.3) is 5.91 Å². The monoisotopic (exact) mass is 279 g/mol. The molecule has 2 bridgehead atoms. The third-order valence-electron chi connectivity index (χ3n) is 4.65. The molecule has 0 unspecified atom stereocenters. The van der Waals surface area contributed by atoms with Gasteiger partial charge in [-0.2, -0.15) is 0 Å². The fraction of sp³-hybridized carbons (Fsp3) is 0.278. The minimum atomic E-state index is -0.354. The highest BCUT2D eigenvalue weighted by Gasteiger charge is 2.58. The van der Waals surface area contributed by atoms with Crippen molar-refractivity contribution in [2.75, 3.05) is 7.05 Å². The van der Waals surface area contributed by atoms with Gasteiger partial charge in [-0.05, 0) is 11.1 Å². The van der Waals surface area contributed by atoms with E-state index in [0.717, 1.165) is 5.56 Å². The van der Waals surface area contributed by atoms with Gasteiger partial charge in [-0.1, -0.05) is 60.7 Å². The molecule has 1 amide bonds. The van der Waals surface area contributed by atoms with Crippen molar-refractivity contribution in [3.05, 3.63) is 71.8 Å². The zero-order valence-electron chi connectivity index (χ0n) is 11.8. The van der Waals surface area contributed by atoms with E-state index in [1.165, 1.54) is 5.56 Å². The smallest absolute Gasteiger partial charge is 0.252 e. The number of hydrogen-bond acceptors (Lipinski definition) is 2. The third-order valence-corrected chi connectivity index (χ3v) is 4.65. The van der Waals surface area contributed by atoms with Crippen molar-refractivity contribution in [1.29, 1.82) is 0 Å². The highest BCUT2D eigenvalue weighted by molar-refractivity contribution is 5.86. The number of carbonyl (C=O) groups excluding carboxylic acids is 1. The molecule has 2 aromatic rings. The fourth-order valence-corrected chi connectivity index (χ4v) is 3.66. The van der Waals surface area contributed by atoms with Crippen LogP contribution in [0, 0.1) is 0 Å². The Morgan fingerprint density at radius 3 is 2.05 bits per heavy atom. The van der Waals surface area contributed by atoms with Gasteiger partial charge in [0.15, 0.2) is 0 Å². The SMILES string of the molecule is CN1C(=O)[C@@H]2O[C@H](c3ccccc3)[C@H]1[C@@H]2c1ccccc1. The first-order valence-corrected chi connectivity index (χ1v) is 7.29. The molecule has 0 saturated carbocycles. The van der Waals surface area contributed by atoms with E-state index in [2.05, 4.69) is 24.3 Å². The summed E-state index contributed by atoms with van der Waals surface area (Å²) in [5, 5.41) is 0. The van der Waals surface area contributed by atoms with Crippen LogP contribution in [0.3, 0.4) is 0 Å².